The van der Waals surface area contributed by atoms with E-state index in [0.717, 1.165) is 18.5 Å². The minimum absolute atomic E-state index is 0.756. The van der Waals surface area contributed by atoms with E-state index in [1.165, 1.54) is 31.6 Å². The Morgan fingerprint density at radius 2 is 2.23 bits per heavy atom. The van der Waals surface area contributed by atoms with Gasteiger partial charge in [0, 0.05) is 18.3 Å². The van der Waals surface area contributed by atoms with Crippen LogP contribution in [0, 0.1) is 5.92 Å². The van der Waals surface area contributed by atoms with E-state index >= 15 is 0 Å². The van der Waals surface area contributed by atoms with Gasteiger partial charge in [0.15, 0.2) is 0 Å². The fourth-order valence-electron chi connectivity index (χ4n) is 2.27. The van der Waals surface area contributed by atoms with Crippen molar-refractivity contribution in [1.29, 1.82) is 0 Å². The van der Waals surface area contributed by atoms with Gasteiger partial charge in [0.05, 0.1) is 0 Å². The van der Waals surface area contributed by atoms with Crippen LogP contribution in [-0.2, 0) is 0 Å². The van der Waals surface area contributed by atoms with E-state index in [1.807, 2.05) is 11.8 Å². The maximum atomic E-state index is 5.76. The highest BCUT2D eigenvalue weighted by atomic mass is 32.2. The fourth-order valence-corrected chi connectivity index (χ4v) is 2.74. The quantitative estimate of drug-likeness (QED) is 0.731. The van der Waals surface area contributed by atoms with Crippen LogP contribution in [0.4, 0.5) is 0 Å². The second-order valence-electron chi connectivity index (χ2n) is 3.97. The van der Waals surface area contributed by atoms with E-state index in [2.05, 4.69) is 18.2 Å². The van der Waals surface area contributed by atoms with Crippen LogP contribution in [0.2, 0.25) is 0 Å². The molecule has 0 bridgehead atoms. The minimum Gasteiger partial charge on any atom is -0.330 e. The Hall–Kier alpha value is 0.270. The number of nitrogens with zero attached hydrogens (tertiary/aromatic N) is 1. The summed E-state index contributed by atoms with van der Waals surface area (Å²) in [5.74, 6) is 2.00. The first-order valence-corrected chi connectivity index (χ1v) is 6.58. The summed E-state index contributed by atoms with van der Waals surface area (Å²) >= 11 is 1.92. The summed E-state index contributed by atoms with van der Waals surface area (Å²) in [6.07, 6.45) is 6.23. The lowest BCUT2D eigenvalue weighted by atomic mass is 10.0. The van der Waals surface area contributed by atoms with Crippen molar-refractivity contribution in [3.05, 3.63) is 0 Å². The number of hydrogen-bond acceptors (Lipinski definition) is 3. The molecular formula is C10H22N2S. The summed E-state index contributed by atoms with van der Waals surface area (Å²) in [6.45, 7) is 2.08. The van der Waals surface area contributed by atoms with Crippen LogP contribution >= 0.6 is 11.8 Å². The summed E-state index contributed by atoms with van der Waals surface area (Å²) in [5, 5.41) is 0. The summed E-state index contributed by atoms with van der Waals surface area (Å²) < 4.78 is 0. The predicted octanol–water partition coefficient (Wildman–Crippen LogP) is 1.41. The first kappa shape index (κ1) is 11.3. The third-order valence-corrected chi connectivity index (χ3v) is 3.73. The van der Waals surface area contributed by atoms with Gasteiger partial charge in [-0.2, -0.15) is 11.8 Å². The molecule has 0 aromatic heterocycles. The SMILES string of the molecule is CSCCN(C)C1CCCC1CN. The third kappa shape index (κ3) is 3.15. The van der Waals surface area contributed by atoms with Crippen molar-refractivity contribution < 1.29 is 0 Å². The summed E-state index contributed by atoms with van der Waals surface area (Å²) in [4.78, 5) is 2.50. The Bertz CT molecular complexity index is 141. The summed E-state index contributed by atoms with van der Waals surface area (Å²) in [5.41, 5.74) is 5.76. The molecule has 2 unspecified atom stereocenters. The van der Waals surface area contributed by atoms with E-state index in [-0.39, 0.29) is 0 Å². The molecule has 0 aromatic carbocycles. The van der Waals surface area contributed by atoms with E-state index < -0.39 is 0 Å². The topological polar surface area (TPSA) is 29.3 Å². The van der Waals surface area contributed by atoms with E-state index in [0.29, 0.717) is 0 Å². The van der Waals surface area contributed by atoms with Gasteiger partial charge in [-0.1, -0.05) is 6.42 Å². The highest BCUT2D eigenvalue weighted by molar-refractivity contribution is 7.98. The van der Waals surface area contributed by atoms with Crippen molar-refractivity contribution in [3.63, 3.8) is 0 Å². The second-order valence-corrected chi connectivity index (χ2v) is 4.95. The Morgan fingerprint density at radius 3 is 2.85 bits per heavy atom. The molecule has 0 aliphatic heterocycles. The Balaban J connectivity index is 2.31. The fraction of sp³-hybridized carbons (Fsp3) is 1.00. The second kappa shape index (κ2) is 5.89. The van der Waals surface area contributed by atoms with Crippen molar-refractivity contribution in [3.8, 4) is 0 Å². The third-order valence-electron chi connectivity index (χ3n) is 3.14. The number of nitrogens with two attached hydrogens (primary N) is 1. The Kier molecular flexibility index (Phi) is 5.14. The smallest absolute Gasteiger partial charge is 0.0133 e. The standard InChI is InChI=1S/C10H22N2S/c1-12(6-7-13-2)10-5-3-4-9(10)8-11/h9-10H,3-8,11H2,1-2H3. The zero-order valence-electron chi connectivity index (χ0n) is 8.83. The van der Waals surface area contributed by atoms with Crippen LogP contribution in [0.25, 0.3) is 0 Å². The molecule has 0 amide bonds. The molecule has 1 aliphatic rings. The molecule has 2 atom stereocenters. The van der Waals surface area contributed by atoms with Crippen molar-refractivity contribution >= 4 is 11.8 Å². The van der Waals surface area contributed by atoms with Crippen LogP contribution in [0.5, 0.6) is 0 Å². The number of rotatable bonds is 5. The van der Waals surface area contributed by atoms with E-state index in [9.17, 15) is 0 Å². The average molecular weight is 202 g/mol. The van der Waals surface area contributed by atoms with Crippen molar-refractivity contribution in [2.45, 2.75) is 25.3 Å². The first-order chi connectivity index (χ1) is 6.29. The molecule has 2 nitrogen and oxygen atoms in total. The van der Waals surface area contributed by atoms with Gasteiger partial charge in [-0.15, -0.1) is 0 Å². The molecule has 13 heavy (non-hydrogen) atoms. The maximum absolute atomic E-state index is 5.76. The molecule has 2 N–H and O–H groups in total. The van der Waals surface area contributed by atoms with Gasteiger partial charge >= 0.3 is 0 Å². The van der Waals surface area contributed by atoms with Crippen LogP contribution in [-0.4, -0.2) is 43.1 Å². The highest BCUT2D eigenvalue weighted by Gasteiger charge is 2.28. The Morgan fingerprint density at radius 1 is 1.46 bits per heavy atom. The molecule has 1 rings (SSSR count). The molecule has 0 spiro atoms. The monoisotopic (exact) mass is 202 g/mol. The Labute approximate surface area is 86.2 Å². The summed E-state index contributed by atoms with van der Waals surface area (Å²) in [6, 6.07) is 0.761. The van der Waals surface area contributed by atoms with Crippen molar-refractivity contribution in [1.82, 2.24) is 4.90 Å². The van der Waals surface area contributed by atoms with Gasteiger partial charge in [-0.05, 0) is 38.6 Å². The molecule has 0 radical (unpaired) electrons. The molecule has 0 heterocycles. The molecule has 1 saturated carbocycles. The number of thioether (sulfide) groups is 1. The van der Waals surface area contributed by atoms with Crippen molar-refractivity contribution in [2.75, 3.05) is 32.1 Å². The van der Waals surface area contributed by atoms with Gasteiger partial charge in [0.25, 0.3) is 0 Å². The van der Waals surface area contributed by atoms with Gasteiger partial charge in [-0.25, -0.2) is 0 Å². The zero-order chi connectivity index (χ0) is 9.68. The molecule has 1 fully saturated rings. The van der Waals surface area contributed by atoms with Crippen LogP contribution in [0.15, 0.2) is 0 Å². The van der Waals surface area contributed by atoms with Gasteiger partial charge in [0.1, 0.15) is 0 Å². The molecule has 78 valence electrons. The molecular weight excluding hydrogens is 180 g/mol. The van der Waals surface area contributed by atoms with E-state index in [1.54, 1.807) is 0 Å². The van der Waals surface area contributed by atoms with Gasteiger partial charge in [-0.3, -0.25) is 0 Å². The lowest BCUT2D eigenvalue weighted by Gasteiger charge is -2.28. The first-order valence-electron chi connectivity index (χ1n) is 5.18. The minimum atomic E-state index is 0.756. The largest absolute Gasteiger partial charge is 0.330 e. The normalized spacial score (nSPS) is 28.6. The van der Waals surface area contributed by atoms with E-state index in [4.69, 9.17) is 5.73 Å². The van der Waals surface area contributed by atoms with Gasteiger partial charge in [0.2, 0.25) is 0 Å². The zero-order valence-corrected chi connectivity index (χ0v) is 9.65. The molecule has 1 aliphatic carbocycles. The van der Waals surface area contributed by atoms with Crippen LogP contribution in [0.3, 0.4) is 0 Å². The van der Waals surface area contributed by atoms with Gasteiger partial charge < -0.3 is 10.6 Å². The number of hydrogen-bond donors (Lipinski definition) is 1. The maximum Gasteiger partial charge on any atom is 0.0133 e. The summed E-state index contributed by atoms with van der Waals surface area (Å²) in [7, 11) is 2.24. The van der Waals surface area contributed by atoms with Crippen LogP contribution < -0.4 is 5.73 Å². The average Bonchev–Trinajstić information content (AvgIpc) is 2.61. The highest BCUT2D eigenvalue weighted by Crippen LogP contribution is 2.28. The van der Waals surface area contributed by atoms with Crippen LogP contribution in [0.1, 0.15) is 19.3 Å². The molecule has 0 saturated heterocycles. The van der Waals surface area contributed by atoms with Crippen molar-refractivity contribution in [2.24, 2.45) is 11.7 Å². The lowest BCUT2D eigenvalue weighted by molar-refractivity contribution is 0.211. The molecule has 3 heteroatoms. The lowest BCUT2D eigenvalue weighted by Crippen LogP contribution is -2.38. The predicted molar refractivity (Wildman–Crippen MR) is 61.2 cm³/mol. The molecule has 0 aromatic rings.